The highest BCUT2D eigenvalue weighted by atomic mass is 19.1. The predicted molar refractivity (Wildman–Crippen MR) is 266 cm³/mol. The first kappa shape index (κ1) is 52.8. The molecule has 3 unspecified atom stereocenters. The number of hydrogen-bond donors (Lipinski definition) is 6. The largest absolute Gasteiger partial charge is 0.445 e. The summed E-state index contributed by atoms with van der Waals surface area (Å²) in [7, 11) is 0. The summed E-state index contributed by atoms with van der Waals surface area (Å²) < 4.78 is 23.2. The number of rotatable bonds is 23. The van der Waals surface area contributed by atoms with E-state index in [9.17, 15) is 33.6 Å². The molecule has 0 radical (unpaired) electrons. The van der Waals surface area contributed by atoms with E-state index in [2.05, 4.69) is 36.3 Å². The molecule has 1 aliphatic carbocycles. The van der Waals surface area contributed by atoms with Crippen LogP contribution in [0.2, 0.25) is 0 Å². The van der Waals surface area contributed by atoms with Gasteiger partial charge < -0.3 is 36.7 Å². The zero-order chi connectivity index (χ0) is 52.0. The third-order valence-corrected chi connectivity index (χ3v) is 12.7. The summed E-state index contributed by atoms with van der Waals surface area (Å²) in [6.07, 6.45) is 7.93. The maximum absolute atomic E-state index is 15.7. The molecule has 5 heterocycles. The summed E-state index contributed by atoms with van der Waals surface area (Å²) >= 11 is 0. The molecule has 4 aromatic heterocycles. The number of benzene rings is 1. The van der Waals surface area contributed by atoms with E-state index in [0.29, 0.717) is 78.3 Å². The monoisotopic (exact) mass is 1000 g/mol. The number of imide groups is 1. The number of aryl methyl sites for hydroxylation is 1. The van der Waals surface area contributed by atoms with Crippen LogP contribution in [0.3, 0.4) is 0 Å². The summed E-state index contributed by atoms with van der Waals surface area (Å²) in [5, 5.41) is 15.0. The molecule has 22 heteroatoms. The van der Waals surface area contributed by atoms with Crippen molar-refractivity contribution in [3.05, 3.63) is 96.4 Å². The van der Waals surface area contributed by atoms with Crippen LogP contribution >= 0.6 is 0 Å². The van der Waals surface area contributed by atoms with E-state index in [1.165, 1.54) is 23.4 Å². The van der Waals surface area contributed by atoms with E-state index < -0.39 is 48.2 Å². The number of amides is 8. The van der Waals surface area contributed by atoms with Crippen LogP contribution < -0.4 is 27.0 Å². The number of nitrogens with zero attached hydrogens (tertiary/aromatic N) is 7. The fourth-order valence-corrected chi connectivity index (χ4v) is 8.79. The zero-order valence-electron chi connectivity index (χ0n) is 41.1. The zero-order valence-corrected chi connectivity index (χ0v) is 41.1. The average molecular weight is 1000 g/mol. The van der Waals surface area contributed by atoms with E-state index in [1.54, 1.807) is 48.8 Å². The molecular weight excluding hydrogens is 942 g/mol. The number of imidazole rings is 1. The van der Waals surface area contributed by atoms with Gasteiger partial charge in [0.25, 0.3) is 11.8 Å². The minimum absolute atomic E-state index is 0.0748. The highest BCUT2D eigenvalue weighted by Gasteiger charge is 2.35. The van der Waals surface area contributed by atoms with Crippen molar-refractivity contribution in [1.29, 1.82) is 0 Å². The van der Waals surface area contributed by atoms with Gasteiger partial charge >= 0.3 is 12.1 Å². The fourth-order valence-electron chi connectivity index (χ4n) is 8.79. The summed E-state index contributed by atoms with van der Waals surface area (Å²) in [6, 6.07) is 12.3. The summed E-state index contributed by atoms with van der Waals surface area (Å²) in [6.45, 7) is 5.56. The van der Waals surface area contributed by atoms with Crippen molar-refractivity contribution in [2.45, 2.75) is 122 Å². The lowest BCUT2D eigenvalue weighted by atomic mass is 9.92. The Balaban J connectivity index is 0.978. The lowest BCUT2D eigenvalue weighted by Gasteiger charge is -2.35. The number of ether oxygens (including phenoxy) is 1. The van der Waals surface area contributed by atoms with Crippen molar-refractivity contribution in [1.82, 2.24) is 55.3 Å². The average Bonchev–Trinajstić information content (AvgIpc) is 4.11. The van der Waals surface area contributed by atoms with Gasteiger partial charge in [0, 0.05) is 54.8 Å². The molecule has 4 atom stereocenters. The number of pyridine rings is 2. The number of fused-ring (bicyclic) bond motifs is 1. The number of alkyl halides is 1. The molecule has 0 spiro atoms. The highest BCUT2D eigenvalue weighted by Crippen LogP contribution is 2.32. The SMILES string of the molecule is Cc1cccc(-c2[nH]c(CN(C(=O)OCc3ccc(NC(=O)C(CCCNC(N)=O)NC(=O)C(NC(=O)CCCCCN4C(=O)C=CC4=O)C(C)C)cc3)C3CCCC[C@H]3F)nc2-c2ccn3ncnc3c2)n1. The predicted octanol–water partition coefficient (Wildman–Crippen LogP) is 5.41. The number of nitrogens with one attached hydrogen (secondary N) is 5. The van der Waals surface area contributed by atoms with Crippen LogP contribution in [0.15, 0.2) is 79.3 Å². The van der Waals surface area contributed by atoms with E-state index >= 15 is 4.39 Å². The van der Waals surface area contributed by atoms with E-state index in [1.807, 2.05) is 37.3 Å². The number of aromatic nitrogens is 6. The second-order valence-electron chi connectivity index (χ2n) is 18.5. The van der Waals surface area contributed by atoms with E-state index in [0.717, 1.165) is 22.6 Å². The number of carbonyl (C=O) groups is 7. The summed E-state index contributed by atoms with van der Waals surface area (Å²) in [5.74, 6) is -2.17. The van der Waals surface area contributed by atoms with Crippen LogP contribution in [0.25, 0.3) is 28.3 Å². The number of aromatic amines is 1. The summed E-state index contributed by atoms with van der Waals surface area (Å²) in [5.41, 5.74) is 10.2. The fraction of sp³-hybridized carbons (Fsp3) is 0.431. The van der Waals surface area contributed by atoms with Crippen molar-refractivity contribution < 1.29 is 42.7 Å². The Morgan fingerprint density at radius 2 is 1.70 bits per heavy atom. The number of H-pyrrole nitrogens is 1. The second-order valence-corrected chi connectivity index (χ2v) is 18.5. The van der Waals surface area contributed by atoms with E-state index in [-0.39, 0.29) is 69.1 Å². The van der Waals surface area contributed by atoms with Gasteiger partial charge in [0.15, 0.2) is 5.65 Å². The molecule has 386 valence electrons. The maximum atomic E-state index is 15.7. The molecule has 73 heavy (non-hydrogen) atoms. The smallest absolute Gasteiger partial charge is 0.410 e. The number of halogens is 1. The minimum Gasteiger partial charge on any atom is -0.445 e. The van der Waals surface area contributed by atoms with Crippen molar-refractivity contribution in [3.63, 3.8) is 0 Å². The van der Waals surface area contributed by atoms with Gasteiger partial charge in [0.2, 0.25) is 17.7 Å². The van der Waals surface area contributed by atoms with Gasteiger partial charge in [-0.3, -0.25) is 38.8 Å². The summed E-state index contributed by atoms with van der Waals surface area (Å²) in [4.78, 5) is 109. The van der Waals surface area contributed by atoms with Crippen LogP contribution in [0.5, 0.6) is 0 Å². The Morgan fingerprint density at radius 1 is 0.932 bits per heavy atom. The number of nitrogens with two attached hydrogens (primary N) is 1. The van der Waals surface area contributed by atoms with Crippen molar-refractivity contribution in [3.8, 4) is 22.6 Å². The first-order valence-corrected chi connectivity index (χ1v) is 24.6. The van der Waals surface area contributed by atoms with Crippen molar-refractivity contribution >= 4 is 53.0 Å². The second kappa shape index (κ2) is 24.9. The number of hydrogen-bond acceptors (Lipinski definition) is 12. The Labute approximate surface area is 421 Å². The molecule has 1 aromatic carbocycles. The molecule has 1 fully saturated rings. The highest BCUT2D eigenvalue weighted by molar-refractivity contribution is 6.12. The molecule has 7 rings (SSSR count). The molecule has 5 aromatic rings. The van der Waals surface area contributed by atoms with Gasteiger partial charge in [-0.1, -0.05) is 51.3 Å². The van der Waals surface area contributed by atoms with Gasteiger partial charge in [-0.15, -0.1) is 0 Å². The van der Waals surface area contributed by atoms with Gasteiger partial charge in [-0.25, -0.2) is 28.5 Å². The van der Waals surface area contributed by atoms with Gasteiger partial charge in [0.05, 0.1) is 29.7 Å². The topological polar surface area (TPSA) is 281 Å². The molecule has 0 saturated heterocycles. The Hall–Kier alpha value is -8.04. The van der Waals surface area contributed by atoms with Crippen LogP contribution in [0.4, 0.5) is 19.7 Å². The first-order chi connectivity index (χ1) is 35.1. The van der Waals surface area contributed by atoms with Gasteiger partial charge in [0.1, 0.15) is 37.0 Å². The van der Waals surface area contributed by atoms with Gasteiger partial charge in [-0.2, -0.15) is 5.10 Å². The van der Waals surface area contributed by atoms with Gasteiger partial charge in [-0.05, 0) is 93.3 Å². The third kappa shape index (κ3) is 14.3. The number of urea groups is 1. The van der Waals surface area contributed by atoms with Crippen molar-refractivity contribution in [2.24, 2.45) is 11.7 Å². The Bertz CT molecular complexity index is 2790. The molecule has 1 saturated carbocycles. The first-order valence-electron chi connectivity index (χ1n) is 24.6. The lowest BCUT2D eigenvalue weighted by Crippen LogP contribution is -2.54. The van der Waals surface area contributed by atoms with Crippen LogP contribution in [0, 0.1) is 12.8 Å². The van der Waals surface area contributed by atoms with Crippen LogP contribution in [-0.4, -0.2) is 118 Å². The standard InChI is InChI=1S/C51H62FN13O8/c1-31(2)45(62-42(66)16-5-4-8-25-63-43(67)21-22-44(63)68)49(70)59-38(14-10-24-54-50(53)71)48(69)58-35-19-17-33(18-20-35)29-73-51(72)64(39-15-7-6-12-36(39)52)28-40-60-46(34-23-26-65-41(27-34)55-30-56-65)47(61-40)37-13-9-11-32(3)57-37/h9,11,13,17-23,26-27,30-31,36,38-39,45H,4-8,10,12,14-16,24-25,28-29H2,1-3H3,(H,58,69)(H,59,70)(H,60,61)(H,62,66)(H3,53,54,71)/t36-,38?,39?,45?/m1/s1. The molecule has 1 aliphatic heterocycles. The Morgan fingerprint density at radius 3 is 2.42 bits per heavy atom. The van der Waals surface area contributed by atoms with E-state index in [4.69, 9.17) is 20.4 Å². The number of anilines is 1. The number of primary amides is 1. The molecule has 7 N–H and O–H groups in total. The Kier molecular flexibility index (Phi) is 18.0. The molecule has 0 bridgehead atoms. The molecule has 8 amide bonds. The minimum atomic E-state index is -1.27. The number of unbranched alkanes of at least 4 members (excludes halogenated alkanes) is 2. The maximum Gasteiger partial charge on any atom is 0.410 e. The lowest BCUT2D eigenvalue weighted by molar-refractivity contribution is -0.137. The third-order valence-electron chi connectivity index (χ3n) is 12.7. The number of carbonyl (C=O) groups excluding carboxylic acids is 7. The molecule has 2 aliphatic rings. The normalized spacial score (nSPS) is 16.3. The molecular formula is C51H62FN13O8. The molecule has 21 nitrogen and oxygen atoms in total. The van der Waals surface area contributed by atoms with Crippen molar-refractivity contribution in [2.75, 3.05) is 18.4 Å². The van der Waals surface area contributed by atoms with Crippen LogP contribution in [-0.2, 0) is 41.9 Å². The quantitative estimate of drug-likeness (QED) is 0.0354. The van der Waals surface area contributed by atoms with Crippen LogP contribution in [0.1, 0.15) is 95.1 Å².